The number of hydrogen-bond acceptors (Lipinski definition) is 2. The molecule has 1 aliphatic heterocycles. The third-order valence-corrected chi connectivity index (χ3v) is 5.88. The van der Waals surface area contributed by atoms with Crippen molar-refractivity contribution < 1.29 is 9.53 Å². The second kappa shape index (κ2) is 7.22. The van der Waals surface area contributed by atoms with Crippen LogP contribution in [0.15, 0.2) is 48.5 Å². The van der Waals surface area contributed by atoms with E-state index < -0.39 is 0 Å². The monoisotopic (exact) mass is 389 g/mol. The highest BCUT2D eigenvalue weighted by Gasteiger charge is 2.44. The highest BCUT2D eigenvalue weighted by molar-refractivity contribution is 6.30. The summed E-state index contributed by atoms with van der Waals surface area (Å²) in [5, 5.41) is 1.34. The van der Waals surface area contributed by atoms with E-state index in [1.165, 1.54) is 12.8 Å². The smallest absolute Gasteiger partial charge is 0.249 e. The lowest BCUT2D eigenvalue weighted by Gasteiger charge is -2.45. The Bertz CT molecular complexity index is 804. The molecule has 3 atom stereocenters. The van der Waals surface area contributed by atoms with Crippen LogP contribution in [-0.2, 0) is 9.53 Å². The fraction of sp³-hybridized carbons (Fsp3) is 0.381. The Hall–Kier alpha value is -1.55. The summed E-state index contributed by atoms with van der Waals surface area (Å²) in [6, 6.07) is 15.4. The molecule has 2 fully saturated rings. The summed E-state index contributed by atoms with van der Waals surface area (Å²) in [4.78, 5) is 14.8. The molecule has 136 valence electrons. The number of morpholine rings is 1. The number of rotatable bonds is 4. The van der Waals surface area contributed by atoms with Gasteiger partial charge in [0.2, 0.25) is 5.91 Å². The van der Waals surface area contributed by atoms with Crippen LogP contribution in [0.1, 0.15) is 43.0 Å². The Morgan fingerprint density at radius 3 is 2.42 bits per heavy atom. The maximum Gasteiger partial charge on any atom is 0.249 e. The van der Waals surface area contributed by atoms with Crippen molar-refractivity contribution in [2.75, 3.05) is 6.61 Å². The van der Waals surface area contributed by atoms with Crippen molar-refractivity contribution >= 4 is 29.1 Å². The van der Waals surface area contributed by atoms with Gasteiger partial charge in [-0.15, -0.1) is 0 Å². The number of benzene rings is 2. The van der Waals surface area contributed by atoms with Gasteiger partial charge in [-0.25, -0.2) is 0 Å². The second-order valence-corrected chi connectivity index (χ2v) is 8.03. The van der Waals surface area contributed by atoms with Crippen molar-refractivity contribution in [2.24, 2.45) is 5.92 Å². The molecule has 1 saturated carbocycles. The largest absolute Gasteiger partial charge is 0.361 e. The normalized spacial score (nSPS) is 24.6. The van der Waals surface area contributed by atoms with Gasteiger partial charge in [0, 0.05) is 16.1 Å². The number of amides is 1. The van der Waals surface area contributed by atoms with Crippen LogP contribution in [0.25, 0.3) is 0 Å². The molecule has 1 heterocycles. The van der Waals surface area contributed by atoms with Crippen LogP contribution in [0.4, 0.5) is 0 Å². The molecule has 2 aliphatic rings. The quantitative estimate of drug-likeness (QED) is 0.697. The average Bonchev–Trinajstić information content (AvgIpc) is 3.47. The summed E-state index contributed by atoms with van der Waals surface area (Å²) in [5.41, 5.74) is 2.01. The zero-order chi connectivity index (χ0) is 18.3. The van der Waals surface area contributed by atoms with Gasteiger partial charge in [-0.1, -0.05) is 47.5 Å². The Labute approximate surface area is 163 Å². The minimum absolute atomic E-state index is 0.0441. The number of carbonyl (C=O) groups is 1. The molecule has 0 aromatic heterocycles. The zero-order valence-corrected chi connectivity index (χ0v) is 16.1. The number of nitrogens with zero attached hydrogens (tertiary/aromatic N) is 1. The van der Waals surface area contributed by atoms with Gasteiger partial charge < -0.3 is 9.64 Å². The summed E-state index contributed by atoms with van der Waals surface area (Å²) < 4.78 is 6.03. The van der Waals surface area contributed by atoms with Crippen LogP contribution in [0, 0.1) is 5.92 Å². The van der Waals surface area contributed by atoms with E-state index in [2.05, 4.69) is 6.92 Å². The minimum Gasteiger partial charge on any atom is -0.361 e. The molecule has 5 heteroatoms. The lowest BCUT2D eigenvalue weighted by molar-refractivity contribution is -0.163. The van der Waals surface area contributed by atoms with Gasteiger partial charge in [0.05, 0.1) is 6.04 Å². The molecule has 1 aliphatic carbocycles. The molecule has 0 bridgehead atoms. The summed E-state index contributed by atoms with van der Waals surface area (Å²) in [5.74, 6) is 0.620. The molecule has 1 amide bonds. The molecule has 2 aromatic rings. The maximum atomic E-state index is 12.8. The average molecular weight is 390 g/mol. The van der Waals surface area contributed by atoms with Gasteiger partial charge in [0.1, 0.15) is 12.7 Å². The number of halogens is 2. The van der Waals surface area contributed by atoms with E-state index in [1.54, 1.807) is 0 Å². The van der Waals surface area contributed by atoms with Crippen LogP contribution in [0.2, 0.25) is 10.0 Å². The van der Waals surface area contributed by atoms with Gasteiger partial charge in [-0.05, 0) is 61.1 Å². The predicted octanol–water partition coefficient (Wildman–Crippen LogP) is 5.43. The highest BCUT2D eigenvalue weighted by Crippen LogP contribution is 2.45. The first kappa shape index (κ1) is 17.8. The predicted molar refractivity (Wildman–Crippen MR) is 103 cm³/mol. The van der Waals surface area contributed by atoms with Crippen molar-refractivity contribution in [1.29, 1.82) is 0 Å². The molecular formula is C21H21Cl2NO2. The number of carbonyl (C=O) groups excluding carboxylic acids is 1. The molecular weight excluding hydrogens is 369 g/mol. The third-order valence-electron chi connectivity index (χ3n) is 5.39. The Morgan fingerprint density at radius 2 is 1.77 bits per heavy atom. The van der Waals surface area contributed by atoms with E-state index in [4.69, 9.17) is 27.9 Å². The van der Waals surface area contributed by atoms with E-state index in [0.29, 0.717) is 16.0 Å². The summed E-state index contributed by atoms with van der Waals surface area (Å²) in [7, 11) is 0. The lowest BCUT2D eigenvalue weighted by atomic mass is 9.91. The third kappa shape index (κ3) is 3.48. The van der Waals surface area contributed by atoms with Crippen molar-refractivity contribution in [3.8, 4) is 0 Å². The van der Waals surface area contributed by atoms with Gasteiger partial charge in [0.15, 0.2) is 0 Å². The van der Waals surface area contributed by atoms with E-state index in [0.717, 1.165) is 11.1 Å². The Morgan fingerprint density at radius 1 is 1.04 bits per heavy atom. The van der Waals surface area contributed by atoms with Gasteiger partial charge in [-0.2, -0.15) is 0 Å². The topological polar surface area (TPSA) is 29.5 Å². The molecule has 26 heavy (non-hydrogen) atoms. The van der Waals surface area contributed by atoms with Crippen molar-refractivity contribution in [2.45, 2.75) is 38.0 Å². The van der Waals surface area contributed by atoms with E-state index in [1.807, 2.05) is 53.4 Å². The van der Waals surface area contributed by atoms with Crippen molar-refractivity contribution in [3.05, 3.63) is 69.7 Å². The SMILES string of the molecule is C[C@@H](C1CC1)N1C(=O)CO[C@H](c2cccc(Cl)c2)[C@H]1c1ccc(Cl)cc1. The Kier molecular flexibility index (Phi) is 4.96. The molecule has 0 N–H and O–H groups in total. The first-order valence-corrected chi connectivity index (χ1v) is 9.74. The minimum atomic E-state index is -0.256. The highest BCUT2D eigenvalue weighted by atomic mass is 35.5. The van der Waals surface area contributed by atoms with Crippen LogP contribution >= 0.6 is 23.2 Å². The van der Waals surface area contributed by atoms with E-state index >= 15 is 0 Å². The van der Waals surface area contributed by atoms with Gasteiger partial charge in [-0.3, -0.25) is 4.79 Å². The fourth-order valence-corrected chi connectivity index (χ4v) is 4.20. The van der Waals surface area contributed by atoms with Crippen LogP contribution in [-0.4, -0.2) is 23.5 Å². The standard InChI is InChI=1S/C21H21Cl2NO2/c1-13(14-5-6-14)24-19(25)12-26-21(16-3-2-4-18(23)11-16)20(24)15-7-9-17(22)10-8-15/h2-4,7-11,13-14,20-21H,5-6,12H2,1H3/t13-,20+,21+/m0/s1. The van der Waals surface area contributed by atoms with Crippen LogP contribution in [0.5, 0.6) is 0 Å². The van der Waals surface area contributed by atoms with Crippen molar-refractivity contribution in [1.82, 2.24) is 4.90 Å². The van der Waals surface area contributed by atoms with Gasteiger partial charge in [0.25, 0.3) is 0 Å². The molecule has 2 aromatic carbocycles. The first-order valence-electron chi connectivity index (χ1n) is 8.98. The first-order chi connectivity index (χ1) is 12.5. The second-order valence-electron chi connectivity index (χ2n) is 7.16. The molecule has 0 radical (unpaired) electrons. The molecule has 3 nitrogen and oxygen atoms in total. The van der Waals surface area contributed by atoms with Crippen LogP contribution in [0.3, 0.4) is 0 Å². The van der Waals surface area contributed by atoms with E-state index in [-0.39, 0.29) is 30.7 Å². The lowest BCUT2D eigenvalue weighted by Crippen LogP contribution is -2.50. The summed E-state index contributed by atoms with van der Waals surface area (Å²) in [6.07, 6.45) is 2.11. The van der Waals surface area contributed by atoms with Crippen molar-refractivity contribution in [3.63, 3.8) is 0 Å². The maximum absolute atomic E-state index is 12.8. The van der Waals surface area contributed by atoms with E-state index in [9.17, 15) is 4.79 Å². The molecule has 4 rings (SSSR count). The molecule has 0 unspecified atom stereocenters. The fourth-order valence-electron chi connectivity index (χ4n) is 3.87. The molecule has 0 spiro atoms. The van der Waals surface area contributed by atoms with Crippen LogP contribution < -0.4 is 0 Å². The zero-order valence-electron chi connectivity index (χ0n) is 14.6. The van der Waals surface area contributed by atoms with Gasteiger partial charge >= 0.3 is 0 Å². The summed E-state index contributed by atoms with van der Waals surface area (Å²) >= 11 is 12.3. The molecule has 1 saturated heterocycles. The summed E-state index contributed by atoms with van der Waals surface area (Å²) in [6.45, 7) is 2.25. The number of ether oxygens (including phenoxy) is 1. The number of hydrogen-bond donors (Lipinski definition) is 0. The Balaban J connectivity index is 1.78.